The number of hydrogen-bond acceptors (Lipinski definition) is 1. The van der Waals surface area contributed by atoms with Crippen LogP contribution in [0.3, 0.4) is 0 Å². The lowest BCUT2D eigenvalue weighted by Crippen LogP contribution is -2.41. The molecule has 0 heterocycles. The molecule has 1 aliphatic rings. The molecule has 0 atom stereocenters. The number of allylic oxidation sites excluding steroid dienone is 1. The molecule has 0 N–H and O–H groups in total. The van der Waals surface area contributed by atoms with Gasteiger partial charge in [-0.2, -0.15) is 0 Å². The van der Waals surface area contributed by atoms with Crippen LogP contribution in [0.25, 0.3) is 0 Å². The topological polar surface area (TPSA) is 20.3 Å². The molecule has 1 amide bonds. The van der Waals surface area contributed by atoms with Crippen molar-refractivity contribution < 1.29 is 4.79 Å². The Balaban J connectivity index is 2.68. The van der Waals surface area contributed by atoms with Crippen LogP contribution in [0.5, 0.6) is 0 Å². The molecule has 0 radical (unpaired) electrons. The average molecular weight is 242 g/mol. The van der Waals surface area contributed by atoms with Gasteiger partial charge in [-0.3, -0.25) is 4.79 Å². The molecule has 1 rings (SSSR count). The van der Waals surface area contributed by atoms with Crippen LogP contribution >= 0.6 is 11.6 Å². The predicted molar refractivity (Wildman–Crippen MR) is 68.4 cm³/mol. The molecule has 0 aromatic heterocycles. The van der Waals surface area contributed by atoms with Gasteiger partial charge in [-0.05, 0) is 25.8 Å². The highest BCUT2D eigenvalue weighted by Gasteiger charge is 2.23. The van der Waals surface area contributed by atoms with E-state index in [1.165, 1.54) is 19.3 Å². The van der Waals surface area contributed by atoms with Crippen molar-refractivity contribution in [3.63, 3.8) is 0 Å². The standard InChI is InChI=1S/C13H20ClNO/c1-3-7-13(16)15(10-11(2)14)12-8-5-4-6-9-12/h3,7,12H,2,4-6,8-10H2,1H3/b7-3+. The molecule has 0 aromatic carbocycles. The molecule has 16 heavy (non-hydrogen) atoms. The van der Waals surface area contributed by atoms with E-state index >= 15 is 0 Å². The normalized spacial score (nSPS) is 17.6. The van der Waals surface area contributed by atoms with Gasteiger partial charge in [0.1, 0.15) is 0 Å². The second-order valence-corrected chi connectivity index (χ2v) is 4.81. The Kier molecular flexibility index (Phi) is 5.61. The molecule has 3 heteroatoms. The maximum absolute atomic E-state index is 11.9. The fourth-order valence-corrected chi connectivity index (χ4v) is 2.33. The summed E-state index contributed by atoms with van der Waals surface area (Å²) < 4.78 is 0. The van der Waals surface area contributed by atoms with Crippen LogP contribution in [0.4, 0.5) is 0 Å². The first kappa shape index (κ1) is 13.3. The third-order valence-corrected chi connectivity index (χ3v) is 3.07. The van der Waals surface area contributed by atoms with Crippen molar-refractivity contribution in [2.24, 2.45) is 0 Å². The Hall–Kier alpha value is -0.760. The van der Waals surface area contributed by atoms with Gasteiger partial charge in [-0.1, -0.05) is 43.5 Å². The summed E-state index contributed by atoms with van der Waals surface area (Å²) in [6, 6.07) is 0.341. The van der Waals surface area contributed by atoms with Gasteiger partial charge in [-0.25, -0.2) is 0 Å². The van der Waals surface area contributed by atoms with Gasteiger partial charge in [0, 0.05) is 11.1 Å². The van der Waals surface area contributed by atoms with Crippen LogP contribution in [-0.2, 0) is 4.79 Å². The Morgan fingerprint density at radius 3 is 2.56 bits per heavy atom. The molecule has 0 spiro atoms. The Morgan fingerprint density at radius 1 is 1.44 bits per heavy atom. The minimum absolute atomic E-state index is 0.0520. The van der Waals surface area contributed by atoms with E-state index in [9.17, 15) is 4.79 Å². The number of carbonyl (C=O) groups is 1. The average Bonchev–Trinajstić information content (AvgIpc) is 2.27. The first-order valence-corrected chi connectivity index (χ1v) is 6.29. The van der Waals surface area contributed by atoms with Gasteiger partial charge in [0.05, 0.1) is 6.54 Å². The number of halogens is 1. The highest BCUT2D eigenvalue weighted by atomic mass is 35.5. The second-order valence-electron chi connectivity index (χ2n) is 4.28. The monoisotopic (exact) mass is 241 g/mol. The van der Waals surface area contributed by atoms with E-state index in [1.807, 2.05) is 11.8 Å². The van der Waals surface area contributed by atoms with E-state index in [0.29, 0.717) is 17.6 Å². The summed E-state index contributed by atoms with van der Waals surface area (Å²) in [5.41, 5.74) is 0. The molecule has 1 fully saturated rings. The molecule has 1 aliphatic carbocycles. The zero-order chi connectivity index (χ0) is 12.0. The molecule has 0 unspecified atom stereocenters. The SMILES string of the molecule is C=C(Cl)CN(C(=O)/C=C/C)C1CCCCC1. The van der Waals surface area contributed by atoms with Crippen LogP contribution in [0.2, 0.25) is 0 Å². The Labute approximate surface area is 103 Å². The van der Waals surface area contributed by atoms with E-state index in [1.54, 1.807) is 12.2 Å². The van der Waals surface area contributed by atoms with Crippen LogP contribution in [0, 0.1) is 0 Å². The molecule has 1 saturated carbocycles. The van der Waals surface area contributed by atoms with Gasteiger partial charge < -0.3 is 4.90 Å². The number of carbonyl (C=O) groups excluding carboxylic acids is 1. The fraction of sp³-hybridized carbons (Fsp3) is 0.615. The molecule has 2 nitrogen and oxygen atoms in total. The smallest absolute Gasteiger partial charge is 0.246 e. The molecular weight excluding hydrogens is 222 g/mol. The summed E-state index contributed by atoms with van der Waals surface area (Å²) >= 11 is 5.82. The number of amides is 1. The molecule has 90 valence electrons. The predicted octanol–water partition coefficient (Wildman–Crippen LogP) is 3.48. The summed E-state index contributed by atoms with van der Waals surface area (Å²) in [6.07, 6.45) is 9.26. The van der Waals surface area contributed by atoms with E-state index < -0.39 is 0 Å². The summed E-state index contributed by atoms with van der Waals surface area (Å²) in [6.45, 7) is 6.00. The van der Waals surface area contributed by atoms with Crippen LogP contribution in [0.1, 0.15) is 39.0 Å². The van der Waals surface area contributed by atoms with Gasteiger partial charge in [0.15, 0.2) is 0 Å². The van der Waals surface area contributed by atoms with E-state index in [2.05, 4.69) is 6.58 Å². The summed E-state index contributed by atoms with van der Waals surface area (Å²) in [5.74, 6) is 0.0520. The fourth-order valence-electron chi connectivity index (χ4n) is 2.20. The maximum atomic E-state index is 11.9. The van der Waals surface area contributed by atoms with Crippen LogP contribution < -0.4 is 0 Å². The van der Waals surface area contributed by atoms with E-state index in [0.717, 1.165) is 12.8 Å². The van der Waals surface area contributed by atoms with Crippen LogP contribution in [0.15, 0.2) is 23.8 Å². The first-order valence-electron chi connectivity index (χ1n) is 5.91. The van der Waals surface area contributed by atoms with Gasteiger partial charge in [0.2, 0.25) is 5.91 Å². The van der Waals surface area contributed by atoms with Gasteiger partial charge in [-0.15, -0.1) is 0 Å². The first-order chi connectivity index (χ1) is 7.65. The minimum atomic E-state index is 0.0520. The molecule has 0 aliphatic heterocycles. The van der Waals surface area contributed by atoms with Crippen molar-refractivity contribution in [2.45, 2.75) is 45.1 Å². The summed E-state index contributed by atoms with van der Waals surface area (Å²) in [7, 11) is 0. The van der Waals surface area contributed by atoms with Crippen molar-refractivity contribution in [3.05, 3.63) is 23.8 Å². The zero-order valence-corrected chi connectivity index (χ0v) is 10.7. The third-order valence-electron chi connectivity index (χ3n) is 2.95. The maximum Gasteiger partial charge on any atom is 0.246 e. The van der Waals surface area contributed by atoms with Crippen molar-refractivity contribution in [1.82, 2.24) is 4.90 Å². The van der Waals surface area contributed by atoms with Crippen LogP contribution in [-0.4, -0.2) is 23.4 Å². The second kappa shape index (κ2) is 6.74. The number of hydrogen-bond donors (Lipinski definition) is 0. The van der Waals surface area contributed by atoms with E-state index in [4.69, 9.17) is 11.6 Å². The molecule has 0 saturated heterocycles. The molecular formula is C13H20ClNO. The molecule has 0 aromatic rings. The minimum Gasteiger partial charge on any atom is -0.331 e. The quantitative estimate of drug-likeness (QED) is 0.690. The summed E-state index contributed by atoms with van der Waals surface area (Å²) in [4.78, 5) is 13.8. The van der Waals surface area contributed by atoms with E-state index in [-0.39, 0.29) is 5.91 Å². The molecule has 0 bridgehead atoms. The third kappa shape index (κ3) is 4.01. The lowest BCUT2D eigenvalue weighted by atomic mass is 9.94. The largest absolute Gasteiger partial charge is 0.331 e. The van der Waals surface area contributed by atoms with Crippen molar-refractivity contribution in [2.75, 3.05) is 6.54 Å². The lowest BCUT2D eigenvalue weighted by molar-refractivity contribution is -0.128. The summed E-state index contributed by atoms with van der Waals surface area (Å²) in [5, 5.41) is 0.531. The number of nitrogens with zero attached hydrogens (tertiary/aromatic N) is 1. The van der Waals surface area contributed by atoms with Gasteiger partial charge in [0.25, 0.3) is 0 Å². The zero-order valence-electron chi connectivity index (χ0n) is 9.92. The van der Waals surface area contributed by atoms with Gasteiger partial charge >= 0.3 is 0 Å². The highest BCUT2D eigenvalue weighted by molar-refractivity contribution is 6.29. The van der Waals surface area contributed by atoms with Crippen molar-refractivity contribution in [1.29, 1.82) is 0 Å². The van der Waals surface area contributed by atoms with Crippen molar-refractivity contribution in [3.8, 4) is 0 Å². The lowest BCUT2D eigenvalue weighted by Gasteiger charge is -2.33. The Morgan fingerprint density at radius 2 is 2.06 bits per heavy atom. The Bertz CT molecular complexity index is 280. The highest BCUT2D eigenvalue weighted by Crippen LogP contribution is 2.23. The number of rotatable bonds is 4. The van der Waals surface area contributed by atoms with Crippen molar-refractivity contribution >= 4 is 17.5 Å².